The van der Waals surface area contributed by atoms with E-state index < -0.39 is 17.3 Å². The summed E-state index contributed by atoms with van der Waals surface area (Å²) in [5, 5.41) is 19.5. The number of aromatic nitrogens is 5. The van der Waals surface area contributed by atoms with E-state index in [9.17, 15) is 14.3 Å². The number of hydrogen-bond acceptors (Lipinski definition) is 9. The molecule has 0 unspecified atom stereocenters. The van der Waals surface area contributed by atoms with E-state index in [4.69, 9.17) is 25.5 Å². The summed E-state index contributed by atoms with van der Waals surface area (Å²) >= 11 is 5.76. The van der Waals surface area contributed by atoms with Crippen molar-refractivity contribution in [3.05, 3.63) is 69.1 Å². The van der Waals surface area contributed by atoms with Crippen molar-refractivity contribution in [3.8, 4) is 34.5 Å². The molecule has 1 aliphatic rings. The highest BCUT2D eigenvalue weighted by Gasteiger charge is 2.31. The molecule has 0 spiro atoms. The molecule has 192 valence electrons. The van der Waals surface area contributed by atoms with Crippen LogP contribution in [0.2, 0.25) is 5.02 Å². The van der Waals surface area contributed by atoms with Gasteiger partial charge in [-0.15, -0.1) is 10.2 Å². The summed E-state index contributed by atoms with van der Waals surface area (Å²) in [6.45, 7) is 0. The van der Waals surface area contributed by atoms with E-state index in [-0.39, 0.29) is 40.4 Å². The first-order valence-corrected chi connectivity index (χ1v) is 12.0. The minimum atomic E-state index is -0.726. The summed E-state index contributed by atoms with van der Waals surface area (Å²) in [4.78, 5) is 21.5. The molecule has 10 nitrogen and oxygen atoms in total. The van der Waals surface area contributed by atoms with E-state index in [1.807, 2.05) is 0 Å². The topological polar surface area (TPSA) is 125 Å². The highest BCUT2D eigenvalue weighted by molar-refractivity contribution is 6.30. The molecule has 5 rings (SSSR count). The smallest absolute Gasteiger partial charge is 0.289 e. The lowest BCUT2D eigenvalue weighted by molar-refractivity contribution is 0.377. The van der Waals surface area contributed by atoms with Crippen LogP contribution < -0.4 is 15.0 Å². The zero-order valence-electron chi connectivity index (χ0n) is 20.1. The number of ether oxygens (including phenoxy) is 2. The Kier molecular flexibility index (Phi) is 6.79. The Hall–Kier alpha value is -3.99. The van der Waals surface area contributed by atoms with E-state index in [2.05, 4.69) is 20.2 Å². The summed E-state index contributed by atoms with van der Waals surface area (Å²) < 4.78 is 32.4. The van der Waals surface area contributed by atoms with E-state index in [1.165, 1.54) is 25.0 Å². The van der Waals surface area contributed by atoms with Crippen molar-refractivity contribution >= 4 is 11.6 Å². The van der Waals surface area contributed by atoms with Gasteiger partial charge < -0.3 is 19.0 Å². The van der Waals surface area contributed by atoms with Gasteiger partial charge in [0.05, 0.1) is 31.4 Å². The lowest BCUT2D eigenvalue weighted by atomic mass is 10.1. The van der Waals surface area contributed by atoms with Gasteiger partial charge in [-0.25, -0.2) is 4.39 Å². The number of aromatic hydroxyl groups is 1. The molecule has 0 saturated heterocycles. The highest BCUT2D eigenvalue weighted by atomic mass is 35.5. The van der Waals surface area contributed by atoms with E-state index in [0.717, 1.165) is 31.7 Å². The first-order chi connectivity index (χ1) is 17.9. The number of halogens is 2. The van der Waals surface area contributed by atoms with Gasteiger partial charge in [0.2, 0.25) is 11.8 Å². The maximum atomic E-state index is 14.2. The van der Waals surface area contributed by atoms with Crippen molar-refractivity contribution in [1.82, 2.24) is 24.7 Å². The predicted molar refractivity (Wildman–Crippen MR) is 131 cm³/mol. The minimum absolute atomic E-state index is 0.0104. The first kappa shape index (κ1) is 24.7. The average molecular weight is 528 g/mol. The molecule has 1 N–H and O–H groups in total. The zero-order chi connectivity index (χ0) is 26.1. The lowest BCUT2D eigenvalue weighted by Gasteiger charge is -2.22. The van der Waals surface area contributed by atoms with Crippen molar-refractivity contribution < 1.29 is 23.4 Å². The van der Waals surface area contributed by atoms with Gasteiger partial charge in [-0.05, 0) is 31.0 Å². The SMILES string of the molecule is COc1cccc(OC)c1-n1c(C2CCCC2)nc(=O)c(-c2nnc(Cc3ncc(Cl)cc3F)o2)c1O. The van der Waals surface area contributed by atoms with Crippen molar-refractivity contribution in [1.29, 1.82) is 0 Å². The predicted octanol–water partition coefficient (Wildman–Crippen LogP) is 4.44. The fourth-order valence-corrected chi connectivity index (χ4v) is 4.73. The van der Waals surface area contributed by atoms with Crippen LogP contribution in [0, 0.1) is 5.82 Å². The molecule has 3 heterocycles. The molecule has 0 radical (unpaired) electrons. The molecule has 1 aromatic carbocycles. The van der Waals surface area contributed by atoms with E-state index >= 15 is 0 Å². The average Bonchev–Trinajstić information content (AvgIpc) is 3.58. The van der Waals surface area contributed by atoms with Crippen LogP contribution in [0.1, 0.15) is 49.0 Å². The molecular formula is C25H23ClFN5O5. The van der Waals surface area contributed by atoms with Crippen LogP contribution in [0.5, 0.6) is 17.4 Å². The fraction of sp³-hybridized carbons (Fsp3) is 0.320. The summed E-state index contributed by atoms with van der Waals surface area (Å²) in [5.74, 6) is -0.220. The Morgan fingerprint density at radius 3 is 2.54 bits per heavy atom. The molecule has 1 fully saturated rings. The van der Waals surface area contributed by atoms with Gasteiger partial charge in [0.1, 0.15) is 28.8 Å². The van der Waals surface area contributed by atoms with Crippen molar-refractivity contribution in [2.45, 2.75) is 38.0 Å². The molecule has 0 atom stereocenters. The number of rotatable bonds is 7. The van der Waals surface area contributed by atoms with Gasteiger partial charge in [0.15, 0.2) is 5.56 Å². The number of para-hydroxylation sites is 1. The number of pyridine rings is 1. The summed E-state index contributed by atoms with van der Waals surface area (Å²) in [7, 11) is 2.99. The molecule has 0 aliphatic heterocycles. The van der Waals surface area contributed by atoms with E-state index in [1.54, 1.807) is 18.2 Å². The Bertz CT molecular complexity index is 1490. The first-order valence-electron chi connectivity index (χ1n) is 11.6. The van der Waals surface area contributed by atoms with Crippen molar-refractivity contribution in [3.63, 3.8) is 0 Å². The molecule has 4 aromatic rings. The van der Waals surface area contributed by atoms with Crippen molar-refractivity contribution in [2.75, 3.05) is 14.2 Å². The zero-order valence-corrected chi connectivity index (χ0v) is 20.8. The molecule has 1 saturated carbocycles. The largest absolute Gasteiger partial charge is 0.494 e. The van der Waals surface area contributed by atoms with Crippen LogP contribution in [0.3, 0.4) is 0 Å². The summed E-state index contributed by atoms with van der Waals surface area (Å²) in [6, 6.07) is 6.30. The number of methoxy groups -OCH3 is 2. The molecule has 3 aromatic heterocycles. The van der Waals surface area contributed by atoms with Gasteiger partial charge in [0.25, 0.3) is 11.4 Å². The molecule has 37 heavy (non-hydrogen) atoms. The maximum Gasteiger partial charge on any atom is 0.289 e. The van der Waals surface area contributed by atoms with Gasteiger partial charge in [-0.1, -0.05) is 30.5 Å². The second-order valence-electron chi connectivity index (χ2n) is 8.56. The molecule has 12 heteroatoms. The molecule has 0 bridgehead atoms. The maximum absolute atomic E-state index is 14.2. The quantitative estimate of drug-likeness (QED) is 0.371. The van der Waals surface area contributed by atoms with Gasteiger partial charge in [-0.2, -0.15) is 4.98 Å². The monoisotopic (exact) mass is 527 g/mol. The standard InChI is InChI=1S/C25H23ClFN5O5/c1-35-17-8-5-9-18(36-2)21(17)32-22(13-6-3-4-7-13)29-23(33)20(25(32)34)24-31-30-19(37-24)11-16-15(27)10-14(26)12-28-16/h5,8-10,12-13,34H,3-4,6-7,11H2,1-2H3. The molecular weight excluding hydrogens is 505 g/mol. The fourth-order valence-electron chi connectivity index (χ4n) is 4.59. The number of benzene rings is 1. The Morgan fingerprint density at radius 1 is 1.19 bits per heavy atom. The number of hydrogen-bond donors (Lipinski definition) is 1. The van der Waals surface area contributed by atoms with Crippen LogP contribution in [0.25, 0.3) is 17.1 Å². The summed E-state index contributed by atoms with van der Waals surface area (Å²) in [6.07, 6.45) is 4.75. The number of nitrogens with zero attached hydrogens (tertiary/aromatic N) is 5. The minimum Gasteiger partial charge on any atom is -0.494 e. The lowest BCUT2D eigenvalue weighted by Crippen LogP contribution is -2.22. The summed E-state index contributed by atoms with van der Waals surface area (Å²) in [5.41, 5.74) is -0.601. The van der Waals surface area contributed by atoms with Crippen LogP contribution in [-0.2, 0) is 6.42 Å². The Labute approximate surface area is 215 Å². The third-order valence-electron chi connectivity index (χ3n) is 6.32. The second kappa shape index (κ2) is 10.2. The second-order valence-corrected chi connectivity index (χ2v) is 9.00. The normalized spacial score (nSPS) is 13.7. The molecule has 1 aliphatic carbocycles. The van der Waals surface area contributed by atoms with Crippen LogP contribution in [0.15, 0.2) is 39.7 Å². The Morgan fingerprint density at radius 2 is 1.89 bits per heavy atom. The van der Waals surface area contributed by atoms with Gasteiger partial charge >= 0.3 is 0 Å². The van der Waals surface area contributed by atoms with Crippen molar-refractivity contribution in [2.24, 2.45) is 0 Å². The van der Waals surface area contributed by atoms with E-state index in [0.29, 0.717) is 23.0 Å². The third-order valence-corrected chi connectivity index (χ3v) is 6.53. The van der Waals surface area contributed by atoms with Gasteiger partial charge in [-0.3, -0.25) is 14.3 Å². The highest BCUT2D eigenvalue weighted by Crippen LogP contribution is 2.42. The van der Waals surface area contributed by atoms with Crippen LogP contribution in [-0.4, -0.2) is 44.1 Å². The van der Waals surface area contributed by atoms with Gasteiger partial charge in [0, 0.05) is 12.1 Å². The Balaban J connectivity index is 1.66. The molecule has 0 amide bonds. The van der Waals surface area contributed by atoms with Crippen LogP contribution in [0.4, 0.5) is 4.39 Å². The third kappa shape index (κ3) is 4.62. The van der Waals surface area contributed by atoms with Crippen LogP contribution >= 0.6 is 11.6 Å².